The van der Waals surface area contributed by atoms with Gasteiger partial charge in [0.25, 0.3) is 0 Å². The molecule has 2 atom stereocenters. The van der Waals surface area contributed by atoms with Crippen molar-refractivity contribution in [2.24, 2.45) is 0 Å². The lowest BCUT2D eigenvalue weighted by Gasteiger charge is -2.31. The first-order valence-corrected chi connectivity index (χ1v) is 9.57. The molecule has 2 heterocycles. The van der Waals surface area contributed by atoms with Gasteiger partial charge in [-0.25, -0.2) is 4.48 Å². The van der Waals surface area contributed by atoms with Crippen molar-refractivity contribution in [1.82, 2.24) is 5.32 Å². The quantitative estimate of drug-likeness (QED) is 0.790. The number of nitrogens with zero attached hydrogens (tertiary/aromatic N) is 1. The fourth-order valence-corrected chi connectivity index (χ4v) is 4.34. The fraction of sp³-hybridized carbons (Fsp3) is 0.476. The van der Waals surface area contributed by atoms with Crippen LogP contribution in [0.25, 0.3) is 10.8 Å². The van der Waals surface area contributed by atoms with E-state index in [1.807, 2.05) is 49.5 Å². The molecule has 0 saturated carbocycles. The molecule has 2 aliphatic rings. The molecular formula is C21H27N2O4+. The molecule has 27 heavy (non-hydrogen) atoms. The SMILES string of the molecule is C[N+]1(CC(O)COc2cccc3ccccc23)CC2(CCNCC2)OC1=O. The Morgan fingerprint density at radius 3 is 2.78 bits per heavy atom. The highest BCUT2D eigenvalue weighted by molar-refractivity contribution is 5.88. The number of nitrogens with one attached hydrogen (secondary N) is 1. The predicted molar refractivity (Wildman–Crippen MR) is 103 cm³/mol. The average molecular weight is 371 g/mol. The number of quaternary nitrogens is 1. The van der Waals surface area contributed by atoms with Crippen LogP contribution in [-0.4, -0.2) is 67.2 Å². The second-order valence-electron chi connectivity index (χ2n) is 7.98. The third-order valence-corrected chi connectivity index (χ3v) is 5.69. The lowest BCUT2D eigenvalue weighted by molar-refractivity contribution is -0.828. The monoisotopic (exact) mass is 371 g/mol. The maximum Gasteiger partial charge on any atom is 0.516 e. The number of ether oxygens (including phenoxy) is 2. The van der Waals surface area contributed by atoms with Crippen molar-refractivity contribution >= 4 is 16.9 Å². The zero-order chi connectivity index (χ0) is 18.9. The molecule has 0 aliphatic carbocycles. The van der Waals surface area contributed by atoms with E-state index in [9.17, 15) is 9.90 Å². The Morgan fingerprint density at radius 1 is 1.22 bits per heavy atom. The van der Waals surface area contributed by atoms with Gasteiger partial charge >= 0.3 is 6.09 Å². The van der Waals surface area contributed by atoms with Crippen LogP contribution in [-0.2, 0) is 4.74 Å². The molecular weight excluding hydrogens is 344 g/mol. The van der Waals surface area contributed by atoms with Crippen molar-refractivity contribution in [2.45, 2.75) is 24.5 Å². The van der Waals surface area contributed by atoms with Gasteiger partial charge in [0, 0.05) is 18.2 Å². The van der Waals surface area contributed by atoms with Crippen LogP contribution >= 0.6 is 0 Å². The second kappa shape index (κ2) is 7.11. The molecule has 6 nitrogen and oxygen atoms in total. The van der Waals surface area contributed by atoms with Crippen molar-refractivity contribution < 1.29 is 23.9 Å². The van der Waals surface area contributed by atoms with Gasteiger partial charge in [-0.15, -0.1) is 0 Å². The topological polar surface area (TPSA) is 67.8 Å². The number of carbonyl (C=O) groups excluding carboxylic acids is 1. The average Bonchev–Trinajstić information content (AvgIpc) is 2.89. The predicted octanol–water partition coefficient (Wildman–Crippen LogP) is 2.30. The van der Waals surface area contributed by atoms with Crippen molar-refractivity contribution in [2.75, 3.05) is 39.8 Å². The Balaban J connectivity index is 1.40. The Labute approximate surface area is 159 Å². The summed E-state index contributed by atoms with van der Waals surface area (Å²) in [6.45, 7) is 2.77. The summed E-state index contributed by atoms with van der Waals surface area (Å²) in [5.41, 5.74) is -0.382. The van der Waals surface area contributed by atoms with Gasteiger partial charge in [-0.2, -0.15) is 4.79 Å². The summed E-state index contributed by atoms with van der Waals surface area (Å²) in [6.07, 6.45) is 0.657. The van der Waals surface area contributed by atoms with E-state index >= 15 is 0 Å². The van der Waals surface area contributed by atoms with Crippen LogP contribution < -0.4 is 10.1 Å². The first kappa shape index (κ1) is 18.2. The minimum absolute atomic E-state index is 0.0973. The van der Waals surface area contributed by atoms with E-state index in [1.165, 1.54) is 0 Å². The number of fused-ring (bicyclic) bond motifs is 1. The van der Waals surface area contributed by atoms with E-state index in [4.69, 9.17) is 9.47 Å². The second-order valence-corrected chi connectivity index (χ2v) is 7.98. The number of carbonyl (C=O) groups is 1. The van der Waals surface area contributed by atoms with Crippen LogP contribution in [0.1, 0.15) is 12.8 Å². The summed E-state index contributed by atoms with van der Waals surface area (Å²) in [4.78, 5) is 12.5. The molecule has 144 valence electrons. The first-order chi connectivity index (χ1) is 13.0. The third-order valence-electron chi connectivity index (χ3n) is 5.69. The van der Waals surface area contributed by atoms with Gasteiger partial charge in [0.1, 0.15) is 31.5 Å². The summed E-state index contributed by atoms with van der Waals surface area (Å²) in [5.74, 6) is 0.744. The highest BCUT2D eigenvalue weighted by Gasteiger charge is 2.56. The number of likely N-dealkylation sites (N-methyl/N-ethyl adjacent to an activating group) is 1. The van der Waals surface area contributed by atoms with Gasteiger partial charge in [0.2, 0.25) is 0 Å². The van der Waals surface area contributed by atoms with Crippen molar-refractivity contribution in [3.63, 3.8) is 0 Å². The van der Waals surface area contributed by atoms with E-state index in [-0.39, 0.29) is 22.8 Å². The third kappa shape index (κ3) is 3.65. The highest BCUT2D eigenvalue weighted by Crippen LogP contribution is 2.35. The maximum absolute atomic E-state index is 12.5. The first-order valence-electron chi connectivity index (χ1n) is 9.57. The maximum atomic E-state index is 12.5. The van der Waals surface area contributed by atoms with Crippen LogP contribution in [0.2, 0.25) is 0 Å². The highest BCUT2D eigenvalue weighted by atomic mass is 16.6. The van der Waals surface area contributed by atoms with Gasteiger partial charge in [-0.1, -0.05) is 36.4 Å². The Hall–Kier alpha value is -2.15. The van der Waals surface area contributed by atoms with Crippen molar-refractivity contribution in [1.29, 1.82) is 0 Å². The number of hydrogen-bond acceptors (Lipinski definition) is 5. The molecule has 0 radical (unpaired) electrons. The minimum atomic E-state index is -0.751. The molecule has 2 saturated heterocycles. The number of piperidine rings is 1. The zero-order valence-corrected chi connectivity index (χ0v) is 15.7. The number of aliphatic hydroxyl groups is 1. The number of benzene rings is 2. The summed E-state index contributed by atoms with van der Waals surface area (Å²) in [7, 11) is 1.85. The van der Waals surface area contributed by atoms with Gasteiger partial charge in [-0.3, -0.25) is 0 Å². The van der Waals surface area contributed by atoms with Crippen molar-refractivity contribution in [3.8, 4) is 5.75 Å². The van der Waals surface area contributed by atoms with Crippen LogP contribution in [0.5, 0.6) is 5.75 Å². The molecule has 1 amide bonds. The molecule has 4 rings (SSSR count). The van der Waals surface area contributed by atoms with Crippen LogP contribution in [0, 0.1) is 0 Å². The number of aliphatic hydroxyl groups excluding tert-OH is 1. The van der Waals surface area contributed by atoms with Crippen LogP contribution in [0.4, 0.5) is 4.79 Å². The summed E-state index contributed by atoms with van der Waals surface area (Å²) in [5, 5.41) is 16.0. The standard InChI is InChI=1S/C21H27N2O4/c1-23(15-21(27-20(23)25)9-11-22-12-10-21)13-17(24)14-26-19-8-4-6-16-5-2-3-7-18(16)19/h2-8,17,22,24H,9-15H2,1H3/q+1. The minimum Gasteiger partial charge on any atom is -0.490 e. The molecule has 2 fully saturated rings. The van der Waals surface area contributed by atoms with E-state index < -0.39 is 6.10 Å². The molecule has 1 spiro atoms. The molecule has 0 aromatic heterocycles. The fourth-order valence-electron chi connectivity index (χ4n) is 4.34. The lowest BCUT2D eigenvalue weighted by atomic mass is 9.92. The van der Waals surface area contributed by atoms with Gasteiger partial charge in [-0.05, 0) is 24.5 Å². The van der Waals surface area contributed by atoms with Crippen LogP contribution in [0.15, 0.2) is 42.5 Å². The molecule has 0 bridgehead atoms. The molecule has 2 unspecified atom stereocenters. The Morgan fingerprint density at radius 2 is 1.96 bits per heavy atom. The van der Waals surface area contributed by atoms with Crippen molar-refractivity contribution in [3.05, 3.63) is 42.5 Å². The molecule has 2 N–H and O–H groups in total. The number of hydrogen-bond donors (Lipinski definition) is 2. The number of rotatable bonds is 5. The van der Waals surface area contributed by atoms with E-state index in [2.05, 4.69) is 5.32 Å². The molecule has 2 aromatic carbocycles. The largest absolute Gasteiger partial charge is 0.516 e. The van der Waals surface area contributed by atoms with E-state index in [1.54, 1.807) is 0 Å². The van der Waals surface area contributed by atoms with Gasteiger partial charge < -0.3 is 19.9 Å². The molecule has 2 aromatic rings. The molecule has 6 heteroatoms. The lowest BCUT2D eigenvalue weighted by Crippen LogP contribution is -2.53. The summed E-state index contributed by atoms with van der Waals surface area (Å²) >= 11 is 0. The number of amides is 1. The van der Waals surface area contributed by atoms with Crippen LogP contribution in [0.3, 0.4) is 0 Å². The summed E-state index contributed by atoms with van der Waals surface area (Å²) < 4.78 is 11.8. The van der Waals surface area contributed by atoms with Gasteiger partial charge in [0.15, 0.2) is 5.60 Å². The van der Waals surface area contributed by atoms with E-state index in [0.29, 0.717) is 13.1 Å². The Kier molecular flexibility index (Phi) is 4.80. The van der Waals surface area contributed by atoms with Gasteiger partial charge in [0.05, 0.1) is 7.05 Å². The summed E-state index contributed by atoms with van der Waals surface area (Å²) in [6, 6.07) is 13.9. The normalized spacial score (nSPS) is 25.5. The Bertz CT molecular complexity index is 829. The molecule has 2 aliphatic heterocycles. The smallest absolute Gasteiger partial charge is 0.490 e. The zero-order valence-electron chi connectivity index (χ0n) is 15.7. The van der Waals surface area contributed by atoms with E-state index in [0.717, 1.165) is 42.5 Å².